The van der Waals surface area contributed by atoms with Gasteiger partial charge in [-0.1, -0.05) is 12.1 Å². The summed E-state index contributed by atoms with van der Waals surface area (Å²) in [4.78, 5) is 26.6. The second-order valence-corrected chi connectivity index (χ2v) is 11.1. The van der Waals surface area contributed by atoms with Crippen LogP contribution in [0.2, 0.25) is 0 Å². The number of amides is 1. The molecule has 1 aromatic heterocycles. The monoisotopic (exact) mass is 621 g/mol. The van der Waals surface area contributed by atoms with Crippen LogP contribution in [0.15, 0.2) is 42.5 Å². The highest BCUT2D eigenvalue weighted by atomic mass is 19.4. The Morgan fingerprint density at radius 2 is 1.80 bits per heavy atom. The summed E-state index contributed by atoms with van der Waals surface area (Å²) in [5.41, 5.74) is -0.179. The molecule has 2 atom stereocenters. The van der Waals surface area contributed by atoms with E-state index in [4.69, 9.17) is 4.74 Å². The third-order valence-corrected chi connectivity index (χ3v) is 8.27. The number of hydrogen-bond donors (Lipinski definition) is 1. The van der Waals surface area contributed by atoms with Crippen LogP contribution in [0.3, 0.4) is 0 Å². The third-order valence-electron chi connectivity index (χ3n) is 8.27. The van der Waals surface area contributed by atoms with E-state index in [1.54, 1.807) is 25.1 Å². The Hall–Kier alpha value is -4.36. The van der Waals surface area contributed by atoms with Crippen molar-refractivity contribution >= 4 is 11.9 Å². The highest BCUT2D eigenvalue weighted by Gasteiger charge is 2.45. The summed E-state index contributed by atoms with van der Waals surface area (Å²) in [7, 11) is 0. The van der Waals surface area contributed by atoms with E-state index in [1.807, 2.05) is 0 Å². The number of aromatic nitrogens is 2. The maximum Gasteiger partial charge on any atom is 0.586 e. The summed E-state index contributed by atoms with van der Waals surface area (Å²) in [6, 6.07) is 10.5. The Bertz CT molecular complexity index is 1600. The van der Waals surface area contributed by atoms with Crippen LogP contribution < -0.4 is 14.2 Å². The predicted molar refractivity (Wildman–Crippen MR) is 143 cm³/mol. The second kappa shape index (κ2) is 11.0. The molecule has 1 fully saturated rings. The quantitative estimate of drug-likeness (QED) is 0.332. The van der Waals surface area contributed by atoms with Crippen LogP contribution in [0.4, 0.5) is 22.0 Å². The third kappa shape index (κ3) is 5.64. The minimum atomic E-state index is -4.75. The second-order valence-electron chi connectivity index (χ2n) is 11.1. The summed E-state index contributed by atoms with van der Waals surface area (Å²) in [6.45, 7) is 2.09. The molecule has 1 saturated heterocycles. The van der Waals surface area contributed by atoms with Crippen molar-refractivity contribution in [1.29, 1.82) is 0 Å². The molecule has 0 spiro atoms. The number of carbonyl (C=O) groups excluding carboxylic acids is 1. The van der Waals surface area contributed by atoms with Crippen molar-refractivity contribution < 1.29 is 50.9 Å². The zero-order valence-corrected chi connectivity index (χ0v) is 23.4. The maximum atomic E-state index is 14.2. The first-order valence-corrected chi connectivity index (χ1v) is 14.2. The molecule has 0 radical (unpaired) electrons. The summed E-state index contributed by atoms with van der Waals surface area (Å²) in [5, 5.41) is 13.3. The molecule has 234 valence electrons. The van der Waals surface area contributed by atoms with Gasteiger partial charge >= 0.3 is 18.4 Å². The number of aliphatic carboxylic acids is 1. The summed E-state index contributed by atoms with van der Waals surface area (Å²) in [6.07, 6.45) is -7.85. The summed E-state index contributed by atoms with van der Waals surface area (Å²) in [5.74, 6) is -2.73. The van der Waals surface area contributed by atoms with E-state index in [-0.39, 0.29) is 72.5 Å². The zero-order valence-electron chi connectivity index (χ0n) is 23.4. The van der Waals surface area contributed by atoms with E-state index in [2.05, 4.69) is 14.6 Å². The fraction of sp³-hybridized carbons (Fsp3) is 0.433. The van der Waals surface area contributed by atoms with Crippen LogP contribution >= 0.6 is 0 Å². The molecule has 2 aliphatic heterocycles. The van der Waals surface area contributed by atoms with Gasteiger partial charge in [0.15, 0.2) is 17.2 Å². The van der Waals surface area contributed by atoms with Crippen molar-refractivity contribution in [2.45, 2.75) is 63.5 Å². The molecule has 0 bridgehead atoms. The normalized spacial score (nSPS) is 20.2. The van der Waals surface area contributed by atoms with Crippen LogP contribution in [-0.2, 0) is 22.2 Å². The first kappa shape index (κ1) is 29.7. The number of halogens is 5. The van der Waals surface area contributed by atoms with Gasteiger partial charge in [0, 0.05) is 24.7 Å². The van der Waals surface area contributed by atoms with Gasteiger partial charge < -0.3 is 24.2 Å². The molecule has 3 heterocycles. The molecule has 0 saturated carbocycles. The number of fused-ring (bicyclic) bond motifs is 2. The van der Waals surface area contributed by atoms with Crippen molar-refractivity contribution in [1.82, 2.24) is 14.7 Å². The first-order valence-electron chi connectivity index (χ1n) is 14.2. The topological polar surface area (TPSA) is 103 Å². The Morgan fingerprint density at radius 3 is 2.50 bits per heavy atom. The average Bonchev–Trinajstić information content (AvgIpc) is 3.53. The summed E-state index contributed by atoms with van der Waals surface area (Å²) >= 11 is 0. The number of carbonyl (C=O) groups is 2. The standard InChI is InChI=1S/C30H28F5N3O6/c1-16(18-8-9-23-24(14-18)44-30(34,35)43-23)42-20-5-2-4-19(15-20)38-25-21(26(36-38)29(31,32)33)6-3-7-22(25)27(39)37-12-10-17(11-13-37)28(40)41/h2,4-5,8-9,14-17,22H,3,6-7,10-13H2,1H3,(H,40,41)/t16-,22+/m0/s1. The highest BCUT2D eigenvalue weighted by molar-refractivity contribution is 5.84. The molecule has 2 aromatic carbocycles. The lowest BCUT2D eigenvalue weighted by Crippen LogP contribution is -2.43. The number of carboxylic acids is 1. The van der Waals surface area contributed by atoms with Gasteiger partial charge in [0.25, 0.3) is 0 Å². The molecule has 9 nitrogen and oxygen atoms in total. The lowest BCUT2D eigenvalue weighted by molar-refractivity contribution is -0.286. The molecule has 1 aliphatic carbocycles. The number of carboxylic acid groups (broad SMARTS) is 1. The summed E-state index contributed by atoms with van der Waals surface area (Å²) < 4.78 is 85.5. The molecule has 6 rings (SSSR count). The van der Waals surface area contributed by atoms with Crippen LogP contribution in [0, 0.1) is 5.92 Å². The van der Waals surface area contributed by atoms with E-state index in [0.29, 0.717) is 18.4 Å². The van der Waals surface area contributed by atoms with Gasteiger partial charge in [0.05, 0.1) is 23.2 Å². The number of benzene rings is 2. The first-order chi connectivity index (χ1) is 20.8. The average molecular weight is 622 g/mol. The SMILES string of the molecule is C[C@H](Oc1cccc(-n2nc(C(F)(F)F)c3c2[C@H](C(=O)N2CCC(C(=O)O)CC2)CCC3)c1)c1ccc2c(c1)OC(F)(F)O2. The number of likely N-dealkylation sites (tertiary alicyclic amines) is 1. The molecule has 1 amide bonds. The van der Waals surface area contributed by atoms with Gasteiger partial charge in [0.1, 0.15) is 11.9 Å². The molecule has 14 heteroatoms. The Morgan fingerprint density at radius 1 is 1.07 bits per heavy atom. The molecule has 3 aromatic rings. The Labute approximate surface area is 248 Å². The number of hydrogen-bond acceptors (Lipinski definition) is 6. The minimum absolute atomic E-state index is 0.0284. The van der Waals surface area contributed by atoms with Gasteiger partial charge in [-0.2, -0.15) is 18.3 Å². The Kier molecular flexibility index (Phi) is 7.41. The molecular weight excluding hydrogens is 593 g/mol. The van der Waals surface area contributed by atoms with E-state index < -0.39 is 42.1 Å². The number of alkyl halides is 5. The smallest absolute Gasteiger partial charge is 0.486 e. The van der Waals surface area contributed by atoms with E-state index in [1.165, 1.54) is 29.2 Å². The van der Waals surface area contributed by atoms with E-state index >= 15 is 0 Å². The van der Waals surface area contributed by atoms with Crippen LogP contribution in [0.1, 0.15) is 67.1 Å². The van der Waals surface area contributed by atoms with Crippen molar-refractivity contribution in [2.24, 2.45) is 5.92 Å². The predicted octanol–water partition coefficient (Wildman–Crippen LogP) is 6.10. The number of nitrogens with zero attached hydrogens (tertiary/aromatic N) is 3. The van der Waals surface area contributed by atoms with Crippen LogP contribution in [-0.4, -0.2) is 51.0 Å². The molecular formula is C30H28F5N3O6. The van der Waals surface area contributed by atoms with Gasteiger partial charge in [-0.15, -0.1) is 8.78 Å². The molecule has 3 aliphatic rings. The van der Waals surface area contributed by atoms with Crippen molar-refractivity contribution in [2.75, 3.05) is 13.1 Å². The minimum Gasteiger partial charge on any atom is -0.486 e. The van der Waals surface area contributed by atoms with Crippen molar-refractivity contribution in [3.8, 4) is 22.9 Å². The molecule has 1 N–H and O–H groups in total. The number of rotatable bonds is 6. The maximum absolute atomic E-state index is 14.2. The van der Waals surface area contributed by atoms with Crippen molar-refractivity contribution in [3.05, 3.63) is 65.0 Å². The lowest BCUT2D eigenvalue weighted by Gasteiger charge is -2.34. The largest absolute Gasteiger partial charge is 0.586 e. The van der Waals surface area contributed by atoms with Crippen molar-refractivity contribution in [3.63, 3.8) is 0 Å². The van der Waals surface area contributed by atoms with Gasteiger partial charge in [-0.25, -0.2) is 4.68 Å². The highest BCUT2D eigenvalue weighted by Crippen LogP contribution is 2.44. The van der Waals surface area contributed by atoms with Crippen LogP contribution in [0.25, 0.3) is 5.69 Å². The Balaban J connectivity index is 1.30. The zero-order chi connectivity index (χ0) is 31.4. The molecule has 0 unspecified atom stereocenters. The molecule has 44 heavy (non-hydrogen) atoms. The van der Waals surface area contributed by atoms with E-state index in [9.17, 15) is 36.6 Å². The fourth-order valence-electron chi connectivity index (χ4n) is 6.10. The van der Waals surface area contributed by atoms with Gasteiger partial charge in [-0.3, -0.25) is 9.59 Å². The number of piperidine rings is 1. The lowest BCUT2D eigenvalue weighted by atomic mass is 9.84. The van der Waals surface area contributed by atoms with Crippen LogP contribution in [0.5, 0.6) is 17.2 Å². The van der Waals surface area contributed by atoms with Gasteiger partial charge in [-0.05, 0) is 68.9 Å². The van der Waals surface area contributed by atoms with Gasteiger partial charge in [0.2, 0.25) is 5.91 Å². The fourth-order valence-corrected chi connectivity index (χ4v) is 6.10. The number of ether oxygens (including phenoxy) is 3. The van der Waals surface area contributed by atoms with E-state index in [0.717, 1.165) is 4.68 Å².